The van der Waals surface area contributed by atoms with Crippen LogP contribution in [0.4, 0.5) is 5.69 Å². The summed E-state index contributed by atoms with van der Waals surface area (Å²) < 4.78 is 0.796. The maximum atomic E-state index is 12.8. The molecule has 2 aromatic rings. The van der Waals surface area contributed by atoms with Crippen LogP contribution in [0.1, 0.15) is 16.1 Å². The van der Waals surface area contributed by atoms with E-state index in [2.05, 4.69) is 0 Å². The van der Waals surface area contributed by atoms with E-state index < -0.39 is 10.9 Å². The Balaban J connectivity index is 1.89. The van der Waals surface area contributed by atoms with Crippen LogP contribution in [-0.4, -0.2) is 50.9 Å². The highest BCUT2D eigenvalue weighted by Gasteiger charge is 2.30. The molecule has 1 N–H and O–H groups in total. The van der Waals surface area contributed by atoms with E-state index >= 15 is 0 Å². The quantitative estimate of drug-likeness (QED) is 0.659. The molecule has 126 valence electrons. The summed E-state index contributed by atoms with van der Waals surface area (Å²) in [5.74, 6) is 0.254. The van der Waals surface area contributed by atoms with Crippen molar-refractivity contribution in [1.29, 1.82) is 0 Å². The van der Waals surface area contributed by atoms with Crippen LogP contribution in [0.15, 0.2) is 24.3 Å². The largest absolute Gasteiger partial charge is 0.481 e. The molecule has 1 unspecified atom stereocenters. The van der Waals surface area contributed by atoms with Crippen molar-refractivity contribution >= 4 is 50.7 Å². The smallest absolute Gasteiger partial charge is 0.305 e. The van der Waals surface area contributed by atoms with Gasteiger partial charge in [0.2, 0.25) is 0 Å². The van der Waals surface area contributed by atoms with Gasteiger partial charge in [-0.25, -0.2) is 0 Å². The molecule has 0 aliphatic carbocycles. The molecular weight excluding hydrogens is 352 g/mol. The van der Waals surface area contributed by atoms with Gasteiger partial charge >= 0.3 is 5.97 Å². The van der Waals surface area contributed by atoms with Gasteiger partial charge in [-0.1, -0.05) is 0 Å². The highest BCUT2D eigenvalue weighted by atomic mass is 32.2. The first-order chi connectivity index (χ1) is 11.5. The lowest BCUT2D eigenvalue weighted by molar-refractivity contribution is -0.384. The van der Waals surface area contributed by atoms with Crippen molar-refractivity contribution in [2.24, 2.45) is 0 Å². The van der Waals surface area contributed by atoms with Gasteiger partial charge in [0, 0.05) is 40.3 Å². The number of hydrogen-bond acceptors (Lipinski definition) is 6. The van der Waals surface area contributed by atoms with Crippen LogP contribution < -0.4 is 0 Å². The minimum atomic E-state index is -0.924. The lowest BCUT2D eigenvalue weighted by Gasteiger charge is -2.34. The van der Waals surface area contributed by atoms with Gasteiger partial charge in [0.15, 0.2) is 0 Å². The van der Waals surface area contributed by atoms with Crippen molar-refractivity contribution in [3.8, 4) is 0 Å². The van der Waals surface area contributed by atoms with Gasteiger partial charge in [-0.3, -0.25) is 19.7 Å². The molecule has 0 saturated carbocycles. The number of benzene rings is 1. The summed E-state index contributed by atoms with van der Waals surface area (Å²) in [6, 6.07) is 5.82. The Morgan fingerprint density at radius 1 is 1.38 bits per heavy atom. The molecule has 9 heteroatoms. The van der Waals surface area contributed by atoms with Crippen molar-refractivity contribution in [3.05, 3.63) is 39.3 Å². The lowest BCUT2D eigenvalue weighted by Crippen LogP contribution is -2.46. The molecule has 3 rings (SSSR count). The average molecular weight is 366 g/mol. The van der Waals surface area contributed by atoms with E-state index in [9.17, 15) is 19.7 Å². The first-order valence-corrected chi connectivity index (χ1v) is 9.21. The minimum absolute atomic E-state index is 0.0163. The molecule has 0 radical (unpaired) electrons. The molecule has 0 spiro atoms. The number of aliphatic carboxylic acids is 1. The van der Waals surface area contributed by atoms with E-state index in [-0.39, 0.29) is 24.1 Å². The van der Waals surface area contributed by atoms with Gasteiger partial charge in [0.25, 0.3) is 11.6 Å². The zero-order chi connectivity index (χ0) is 17.3. The van der Waals surface area contributed by atoms with Crippen molar-refractivity contribution in [2.75, 3.05) is 18.1 Å². The number of thioether (sulfide) groups is 1. The molecule has 1 atom stereocenters. The zero-order valence-corrected chi connectivity index (χ0v) is 14.1. The summed E-state index contributed by atoms with van der Waals surface area (Å²) in [4.78, 5) is 36.3. The fourth-order valence-electron chi connectivity index (χ4n) is 2.68. The van der Waals surface area contributed by atoms with Crippen LogP contribution in [0.3, 0.4) is 0 Å². The number of carboxylic acid groups (broad SMARTS) is 1. The number of rotatable bonds is 4. The first-order valence-electron chi connectivity index (χ1n) is 7.24. The maximum absolute atomic E-state index is 12.8. The zero-order valence-electron chi connectivity index (χ0n) is 12.5. The third kappa shape index (κ3) is 3.36. The van der Waals surface area contributed by atoms with E-state index in [1.807, 2.05) is 0 Å². The number of amides is 1. The summed E-state index contributed by atoms with van der Waals surface area (Å²) in [6.07, 6.45) is -0.0743. The molecule has 1 amide bonds. The van der Waals surface area contributed by atoms with E-state index in [0.29, 0.717) is 22.6 Å². The Bertz CT molecular complexity index is 819. The highest BCUT2D eigenvalue weighted by Crippen LogP contribution is 2.31. The van der Waals surface area contributed by atoms with Crippen molar-refractivity contribution in [2.45, 2.75) is 12.5 Å². The average Bonchev–Trinajstić information content (AvgIpc) is 2.97. The topological polar surface area (TPSA) is 101 Å². The molecule has 2 heterocycles. The molecule has 1 fully saturated rings. The van der Waals surface area contributed by atoms with E-state index in [0.717, 1.165) is 10.5 Å². The fraction of sp³-hybridized carbons (Fsp3) is 0.333. The molecule has 1 aromatic carbocycles. The number of thiophene rings is 1. The number of non-ortho nitro benzene ring substituents is 1. The molecule has 1 aromatic heterocycles. The SMILES string of the molecule is O=C(O)CC1CSCCN1C(=O)c1cc2cc([N+](=O)[O-])ccc2s1. The molecular formula is C15H14N2O5S2. The van der Waals surface area contributed by atoms with Crippen LogP contribution in [0.5, 0.6) is 0 Å². The second-order valence-electron chi connectivity index (χ2n) is 5.42. The number of nitro groups is 1. The summed E-state index contributed by atoms with van der Waals surface area (Å²) >= 11 is 2.92. The number of hydrogen-bond donors (Lipinski definition) is 1. The molecule has 1 aliphatic rings. The summed E-state index contributed by atoms with van der Waals surface area (Å²) in [5, 5.41) is 20.5. The van der Waals surface area contributed by atoms with Gasteiger partial charge < -0.3 is 10.0 Å². The van der Waals surface area contributed by atoms with E-state index in [1.54, 1.807) is 28.8 Å². The molecule has 0 bridgehead atoms. The first kappa shape index (κ1) is 16.7. The number of carbonyl (C=O) groups excluding carboxylic acids is 1. The van der Waals surface area contributed by atoms with E-state index in [1.165, 1.54) is 23.5 Å². The second-order valence-corrected chi connectivity index (χ2v) is 7.65. The van der Waals surface area contributed by atoms with Gasteiger partial charge in [-0.05, 0) is 12.1 Å². The number of carboxylic acids is 1. The van der Waals surface area contributed by atoms with Crippen molar-refractivity contribution in [3.63, 3.8) is 0 Å². The Labute approximate surface area is 145 Å². The Hall–Kier alpha value is -2.13. The van der Waals surface area contributed by atoms with Crippen LogP contribution >= 0.6 is 23.1 Å². The van der Waals surface area contributed by atoms with Crippen LogP contribution in [0.25, 0.3) is 10.1 Å². The van der Waals surface area contributed by atoms with Gasteiger partial charge in [0.05, 0.1) is 22.3 Å². The predicted octanol–water partition coefficient (Wildman–Crippen LogP) is 2.84. The van der Waals surface area contributed by atoms with Crippen LogP contribution in [0.2, 0.25) is 0 Å². The summed E-state index contributed by atoms with van der Waals surface area (Å²) in [7, 11) is 0. The number of fused-ring (bicyclic) bond motifs is 1. The lowest BCUT2D eigenvalue weighted by atomic mass is 10.1. The maximum Gasteiger partial charge on any atom is 0.305 e. The normalized spacial score (nSPS) is 17.8. The second kappa shape index (κ2) is 6.78. The standard InChI is InChI=1S/C15H14N2O5S2/c18-14(19)7-11-8-23-4-3-16(11)15(20)13-6-9-5-10(17(21)22)1-2-12(9)24-13/h1-2,5-6,11H,3-4,7-8H2,(H,18,19). The number of nitro benzene ring substituents is 1. The number of nitrogens with zero attached hydrogens (tertiary/aromatic N) is 2. The van der Waals surface area contributed by atoms with Crippen LogP contribution in [0, 0.1) is 10.1 Å². The fourth-order valence-corrected chi connectivity index (χ4v) is 4.75. The molecule has 1 aliphatic heterocycles. The Kier molecular flexibility index (Phi) is 4.72. The highest BCUT2D eigenvalue weighted by molar-refractivity contribution is 7.99. The Morgan fingerprint density at radius 2 is 2.17 bits per heavy atom. The monoisotopic (exact) mass is 366 g/mol. The third-order valence-corrected chi connectivity index (χ3v) is 6.02. The minimum Gasteiger partial charge on any atom is -0.481 e. The van der Waals surface area contributed by atoms with Crippen molar-refractivity contribution in [1.82, 2.24) is 4.90 Å². The summed E-state index contributed by atoms with van der Waals surface area (Å²) in [6.45, 7) is 0.510. The van der Waals surface area contributed by atoms with Crippen molar-refractivity contribution < 1.29 is 19.6 Å². The predicted molar refractivity (Wildman–Crippen MR) is 92.9 cm³/mol. The molecule has 1 saturated heterocycles. The van der Waals surface area contributed by atoms with Crippen LogP contribution in [-0.2, 0) is 4.79 Å². The third-order valence-electron chi connectivity index (χ3n) is 3.82. The van der Waals surface area contributed by atoms with Gasteiger partial charge in [0.1, 0.15) is 0 Å². The summed E-state index contributed by atoms with van der Waals surface area (Å²) in [5.41, 5.74) is -0.0163. The number of carbonyl (C=O) groups is 2. The molecule has 7 nitrogen and oxygen atoms in total. The van der Waals surface area contributed by atoms with E-state index in [4.69, 9.17) is 5.11 Å². The Morgan fingerprint density at radius 3 is 2.88 bits per heavy atom. The van der Waals surface area contributed by atoms with Gasteiger partial charge in [-0.15, -0.1) is 11.3 Å². The van der Waals surface area contributed by atoms with Gasteiger partial charge in [-0.2, -0.15) is 11.8 Å². The molecule has 24 heavy (non-hydrogen) atoms.